The number of rotatable bonds is 11. The Labute approximate surface area is 247 Å². The van der Waals surface area contributed by atoms with Crippen LogP contribution in [-0.2, 0) is 28.9 Å². The molecule has 43 heavy (non-hydrogen) atoms. The van der Waals surface area contributed by atoms with Crippen LogP contribution in [0.25, 0.3) is 10.8 Å². The summed E-state index contributed by atoms with van der Waals surface area (Å²) in [5.41, 5.74) is -1.11. The maximum Gasteiger partial charge on any atom is 0.294 e. The van der Waals surface area contributed by atoms with Crippen LogP contribution in [0.2, 0.25) is 0 Å². The van der Waals surface area contributed by atoms with Gasteiger partial charge in [-0.1, -0.05) is 10.1 Å². The van der Waals surface area contributed by atoms with Crippen LogP contribution in [0.15, 0.2) is 83.7 Å². The lowest BCUT2D eigenvalue weighted by Crippen LogP contribution is -1.98. The van der Waals surface area contributed by atoms with Crippen LogP contribution in [0.1, 0.15) is 0 Å². The summed E-state index contributed by atoms with van der Waals surface area (Å²) in [7, 11) is -4.74. The molecule has 4 rings (SSSR count). The maximum atomic E-state index is 11.5. The second-order valence-electron chi connectivity index (χ2n) is 7.92. The van der Waals surface area contributed by atoms with Crippen molar-refractivity contribution in [1.29, 1.82) is 0 Å². The molecule has 0 bridgehead atoms. The first-order valence-corrected chi connectivity index (χ1v) is 13.9. The number of azo groups is 2. The largest absolute Gasteiger partial charge is 0.507 e. The van der Waals surface area contributed by atoms with E-state index in [4.69, 9.17) is 10.5 Å². The van der Waals surface area contributed by atoms with Crippen molar-refractivity contribution in [2.75, 3.05) is 0 Å². The lowest BCUT2D eigenvalue weighted by molar-refractivity contribution is -0.432. The van der Waals surface area contributed by atoms with Crippen LogP contribution < -0.4 is 0 Å². The number of aromatic hydroxyl groups is 5. The van der Waals surface area contributed by atoms with E-state index >= 15 is 0 Å². The van der Waals surface area contributed by atoms with Gasteiger partial charge in [0.25, 0.3) is 10.1 Å². The highest BCUT2D eigenvalue weighted by Gasteiger charge is 2.21. The predicted molar refractivity (Wildman–Crippen MR) is 145 cm³/mol. The molecule has 0 aliphatic rings. The van der Waals surface area contributed by atoms with Crippen LogP contribution in [0.5, 0.6) is 28.7 Å². The van der Waals surface area contributed by atoms with Gasteiger partial charge in [0.2, 0.25) is 0 Å². The highest BCUT2D eigenvalue weighted by Crippen LogP contribution is 2.48. The number of hydrogen-bond donors (Lipinski definition) is 8. The number of fused-ring (bicyclic) bond motifs is 1. The molecule has 0 aliphatic carbocycles. The molecule has 18 nitrogen and oxygen atoms in total. The maximum absolute atomic E-state index is 11.5. The van der Waals surface area contributed by atoms with Crippen LogP contribution in [-0.4, -0.2) is 49.0 Å². The molecule has 0 aliphatic heterocycles. The van der Waals surface area contributed by atoms with Gasteiger partial charge in [0.15, 0.2) is 5.75 Å². The SMILES string of the molecule is O=S(=O)(O)c1cc(O)c2c(O)c(N=Nc3cc(O)c(N=Nc4cc(SOOO)ccc4O)cc3O)c(SOOO)cc2c1. The summed E-state index contributed by atoms with van der Waals surface area (Å²) in [6.45, 7) is 0. The predicted octanol–water partition coefficient (Wildman–Crippen LogP) is 6.30. The monoisotopic (exact) mass is 656 g/mol. The zero-order valence-electron chi connectivity index (χ0n) is 20.7. The van der Waals surface area contributed by atoms with Crippen LogP contribution in [0.4, 0.5) is 22.7 Å². The van der Waals surface area contributed by atoms with Crippen LogP contribution >= 0.6 is 24.1 Å². The number of nitrogens with zero attached hydrogens (tertiary/aromatic N) is 4. The summed E-state index contributed by atoms with van der Waals surface area (Å²) >= 11 is 0.876. The molecule has 4 aromatic carbocycles. The lowest BCUT2D eigenvalue weighted by Gasteiger charge is -2.11. The van der Waals surface area contributed by atoms with E-state index in [1.807, 2.05) is 0 Å². The highest BCUT2D eigenvalue weighted by atomic mass is 32.2. The topological polar surface area (TPSA) is 282 Å². The second-order valence-corrected chi connectivity index (χ2v) is 10.9. The first kappa shape index (κ1) is 31.6. The van der Waals surface area contributed by atoms with Crippen LogP contribution in [0, 0.1) is 0 Å². The highest BCUT2D eigenvalue weighted by molar-refractivity contribution is 7.95. The van der Waals surface area contributed by atoms with E-state index < -0.39 is 43.7 Å². The number of benzene rings is 4. The van der Waals surface area contributed by atoms with E-state index in [2.05, 4.69) is 39.2 Å². The van der Waals surface area contributed by atoms with Gasteiger partial charge < -0.3 is 25.5 Å². The molecule has 0 amide bonds. The zero-order chi connectivity index (χ0) is 31.3. The summed E-state index contributed by atoms with van der Waals surface area (Å²) in [4.78, 5) is -0.493. The van der Waals surface area contributed by atoms with Gasteiger partial charge in [-0.25, -0.2) is 10.5 Å². The van der Waals surface area contributed by atoms with Gasteiger partial charge in [-0.3, -0.25) is 4.55 Å². The Kier molecular flexibility index (Phi) is 9.82. The summed E-state index contributed by atoms with van der Waals surface area (Å²) in [6.07, 6.45) is 0. The van der Waals surface area contributed by atoms with Gasteiger partial charge in [-0.15, -0.1) is 29.1 Å². The molecule has 8 N–H and O–H groups in total. The Morgan fingerprint density at radius 2 is 1.23 bits per heavy atom. The Hall–Kier alpha value is -4.29. The van der Waals surface area contributed by atoms with Gasteiger partial charge in [-0.2, -0.15) is 8.42 Å². The van der Waals surface area contributed by atoms with Gasteiger partial charge in [0.1, 0.15) is 45.7 Å². The molecule has 4 aromatic rings. The minimum atomic E-state index is -4.74. The molecule has 0 saturated heterocycles. The minimum Gasteiger partial charge on any atom is -0.507 e. The third kappa shape index (κ3) is 7.38. The fourth-order valence-electron chi connectivity index (χ4n) is 3.42. The zero-order valence-corrected chi connectivity index (χ0v) is 23.1. The van der Waals surface area contributed by atoms with Crippen molar-refractivity contribution in [1.82, 2.24) is 0 Å². The summed E-state index contributed by atoms with van der Waals surface area (Å²) in [5.74, 6) is -2.94. The summed E-state index contributed by atoms with van der Waals surface area (Å²) in [6, 6.07) is 8.61. The number of phenols is 5. The molecule has 0 atom stereocenters. The molecule has 0 radical (unpaired) electrons. The van der Waals surface area contributed by atoms with E-state index in [1.54, 1.807) is 0 Å². The molecule has 0 heterocycles. The number of hydrogen-bond acceptors (Lipinski definition) is 19. The minimum absolute atomic E-state index is 0.0768. The Bertz CT molecular complexity index is 1850. The van der Waals surface area contributed by atoms with Crippen molar-refractivity contribution in [3.05, 3.63) is 48.5 Å². The third-order valence-corrected chi connectivity index (χ3v) is 7.28. The fourth-order valence-corrected chi connectivity index (χ4v) is 4.84. The van der Waals surface area contributed by atoms with Gasteiger partial charge >= 0.3 is 0 Å². The fraction of sp³-hybridized carbons (Fsp3) is 0. The van der Waals surface area contributed by atoms with E-state index in [9.17, 15) is 38.5 Å². The van der Waals surface area contributed by atoms with Crippen molar-refractivity contribution >= 4 is 67.7 Å². The van der Waals surface area contributed by atoms with Crippen molar-refractivity contribution in [2.24, 2.45) is 20.5 Å². The van der Waals surface area contributed by atoms with Crippen molar-refractivity contribution < 1.29 is 67.8 Å². The first-order chi connectivity index (χ1) is 20.4. The number of phenolic OH excluding ortho intramolecular Hbond substituents is 5. The van der Waals surface area contributed by atoms with Crippen molar-refractivity contribution in [2.45, 2.75) is 14.7 Å². The Balaban J connectivity index is 1.70. The van der Waals surface area contributed by atoms with Gasteiger partial charge in [0.05, 0.1) is 39.3 Å². The molecule has 0 spiro atoms. The first-order valence-electron chi connectivity index (χ1n) is 10.9. The molecule has 226 valence electrons. The van der Waals surface area contributed by atoms with E-state index in [0.717, 1.165) is 24.3 Å². The molecular formula is C22H16N4O14S3. The summed E-state index contributed by atoms with van der Waals surface area (Å²) < 4.78 is 41.1. The Morgan fingerprint density at radius 1 is 0.651 bits per heavy atom. The van der Waals surface area contributed by atoms with Gasteiger partial charge in [-0.05, 0) is 35.7 Å². The quantitative estimate of drug-likeness (QED) is 0.0219. The molecule has 0 saturated carbocycles. The third-order valence-electron chi connectivity index (χ3n) is 5.26. The van der Waals surface area contributed by atoms with E-state index in [-0.39, 0.29) is 50.5 Å². The average molecular weight is 657 g/mol. The molecular weight excluding hydrogens is 640 g/mol. The second kappa shape index (κ2) is 13.3. The van der Waals surface area contributed by atoms with Crippen molar-refractivity contribution in [3.8, 4) is 28.7 Å². The molecule has 0 fully saturated rings. The Morgan fingerprint density at radius 3 is 1.84 bits per heavy atom. The van der Waals surface area contributed by atoms with Gasteiger partial charge in [0, 0.05) is 23.1 Å². The summed E-state index contributed by atoms with van der Waals surface area (Å²) in [5, 5.41) is 90.6. The molecule has 0 aromatic heterocycles. The standard InChI is InChI=1S/C22H16N4O14S3/c27-15-2-1-10(41-39-37-32)5-12(15)23-24-13-7-17(29)14(8-16(13)28)25-26-21-19(42-40-38-33)4-9-3-11(43(34,35)36)6-18(30)20(9)22(21)31/h1-8,27-33H,(H,34,35,36). The average Bonchev–Trinajstić information content (AvgIpc) is 2.95. The van der Waals surface area contributed by atoms with E-state index in [1.165, 1.54) is 18.2 Å². The lowest BCUT2D eigenvalue weighted by atomic mass is 10.1. The smallest absolute Gasteiger partial charge is 0.294 e. The molecule has 0 unspecified atom stereocenters. The van der Waals surface area contributed by atoms with Crippen molar-refractivity contribution in [3.63, 3.8) is 0 Å². The molecule has 21 heteroatoms. The van der Waals surface area contributed by atoms with Crippen LogP contribution in [0.3, 0.4) is 0 Å². The van der Waals surface area contributed by atoms with E-state index in [0.29, 0.717) is 23.0 Å². The normalized spacial score (nSPS) is 12.2.